The Bertz CT molecular complexity index is 1280. The third kappa shape index (κ3) is 7.74. The van der Waals surface area contributed by atoms with E-state index in [1.165, 1.54) is 31.4 Å². The zero-order valence-corrected chi connectivity index (χ0v) is 21.7. The van der Waals surface area contributed by atoms with Crippen molar-refractivity contribution < 1.29 is 14.0 Å². The lowest BCUT2D eigenvalue weighted by atomic mass is 9.95. The fraction of sp³-hybridized carbons (Fsp3) is 0.300. The summed E-state index contributed by atoms with van der Waals surface area (Å²) in [4.78, 5) is 31.1. The Morgan fingerprint density at radius 1 is 0.973 bits per heavy atom. The van der Waals surface area contributed by atoms with Crippen molar-refractivity contribution in [2.75, 3.05) is 12.4 Å². The first-order chi connectivity index (χ1) is 18.1. The molecule has 1 aliphatic rings. The molecule has 1 saturated carbocycles. The number of benzene rings is 3. The SMILES string of the molecule is CC.CNc1ccc(F)cc1.O=Cc1ccc2nc(-c3ccc(C(=O)NC4CCCCC4)cc3)[nH]c2c1. The second-order valence-electron chi connectivity index (χ2n) is 8.62. The Kier molecular flexibility index (Phi) is 10.4. The molecule has 0 bridgehead atoms. The lowest BCUT2D eigenvalue weighted by molar-refractivity contribution is 0.0927. The van der Waals surface area contributed by atoms with Crippen LogP contribution in [0, 0.1) is 5.82 Å². The van der Waals surface area contributed by atoms with Crippen LogP contribution in [0.2, 0.25) is 0 Å². The summed E-state index contributed by atoms with van der Waals surface area (Å²) in [5.41, 5.74) is 4.74. The summed E-state index contributed by atoms with van der Waals surface area (Å²) >= 11 is 0. The van der Waals surface area contributed by atoms with Gasteiger partial charge in [-0.2, -0.15) is 0 Å². The summed E-state index contributed by atoms with van der Waals surface area (Å²) in [5.74, 6) is 0.514. The van der Waals surface area contributed by atoms with E-state index in [2.05, 4.69) is 20.6 Å². The van der Waals surface area contributed by atoms with Crippen LogP contribution < -0.4 is 10.6 Å². The molecule has 0 spiro atoms. The number of hydrogen-bond donors (Lipinski definition) is 3. The monoisotopic (exact) mass is 502 g/mol. The molecule has 4 aromatic rings. The topological polar surface area (TPSA) is 86.9 Å². The molecule has 3 N–H and O–H groups in total. The van der Waals surface area contributed by atoms with Gasteiger partial charge in [0.15, 0.2) is 0 Å². The van der Waals surface area contributed by atoms with E-state index in [1.807, 2.05) is 44.2 Å². The summed E-state index contributed by atoms with van der Waals surface area (Å²) < 4.78 is 12.2. The van der Waals surface area contributed by atoms with Crippen molar-refractivity contribution in [1.82, 2.24) is 15.3 Å². The van der Waals surface area contributed by atoms with Gasteiger partial charge in [0.1, 0.15) is 17.9 Å². The van der Waals surface area contributed by atoms with Crippen molar-refractivity contribution in [3.8, 4) is 11.4 Å². The minimum atomic E-state index is -0.200. The van der Waals surface area contributed by atoms with Gasteiger partial charge in [-0.15, -0.1) is 0 Å². The minimum absolute atomic E-state index is 0.0105. The molecule has 1 heterocycles. The van der Waals surface area contributed by atoms with E-state index in [-0.39, 0.29) is 11.7 Å². The van der Waals surface area contributed by atoms with Gasteiger partial charge in [0.25, 0.3) is 5.91 Å². The number of imidazole rings is 1. The Balaban J connectivity index is 0.000000291. The average Bonchev–Trinajstić information content (AvgIpc) is 3.39. The number of nitrogens with one attached hydrogen (secondary N) is 3. The second-order valence-corrected chi connectivity index (χ2v) is 8.62. The fourth-order valence-corrected chi connectivity index (χ4v) is 4.15. The van der Waals surface area contributed by atoms with Gasteiger partial charge >= 0.3 is 0 Å². The van der Waals surface area contributed by atoms with Crippen LogP contribution in [0.15, 0.2) is 66.7 Å². The number of nitrogens with zero attached hydrogens (tertiary/aromatic N) is 1. The van der Waals surface area contributed by atoms with Crippen LogP contribution in [0.3, 0.4) is 0 Å². The van der Waals surface area contributed by atoms with Crippen LogP contribution in [-0.2, 0) is 0 Å². The highest BCUT2D eigenvalue weighted by Gasteiger charge is 2.16. The van der Waals surface area contributed by atoms with Gasteiger partial charge in [-0.3, -0.25) is 9.59 Å². The van der Waals surface area contributed by atoms with Crippen molar-refractivity contribution >= 4 is 28.9 Å². The molecule has 0 atom stereocenters. The molecule has 0 aliphatic heterocycles. The molecule has 1 aromatic heterocycles. The maximum Gasteiger partial charge on any atom is 0.251 e. The quantitative estimate of drug-likeness (QED) is 0.257. The van der Waals surface area contributed by atoms with Crippen LogP contribution in [0.1, 0.15) is 66.7 Å². The molecule has 194 valence electrons. The first-order valence-corrected chi connectivity index (χ1v) is 12.9. The number of aromatic nitrogens is 2. The molecule has 1 amide bonds. The Morgan fingerprint density at radius 3 is 2.27 bits per heavy atom. The highest BCUT2D eigenvalue weighted by Crippen LogP contribution is 2.22. The van der Waals surface area contributed by atoms with E-state index < -0.39 is 0 Å². The van der Waals surface area contributed by atoms with Gasteiger partial charge in [-0.25, -0.2) is 9.37 Å². The summed E-state index contributed by atoms with van der Waals surface area (Å²) in [5, 5.41) is 6.02. The Morgan fingerprint density at radius 2 is 1.65 bits per heavy atom. The summed E-state index contributed by atoms with van der Waals surface area (Å²) in [6, 6.07) is 19.3. The van der Waals surface area contributed by atoms with Gasteiger partial charge < -0.3 is 15.6 Å². The van der Waals surface area contributed by atoms with Crippen LogP contribution >= 0.6 is 0 Å². The van der Waals surface area contributed by atoms with Gasteiger partial charge in [0, 0.05) is 35.5 Å². The minimum Gasteiger partial charge on any atom is -0.388 e. The number of aldehydes is 1. The predicted molar refractivity (Wildman–Crippen MR) is 149 cm³/mol. The van der Waals surface area contributed by atoms with Gasteiger partial charge in [0.05, 0.1) is 11.0 Å². The molecule has 1 fully saturated rings. The predicted octanol–water partition coefficient (Wildman–Crippen LogP) is 7.00. The van der Waals surface area contributed by atoms with E-state index in [0.717, 1.165) is 47.2 Å². The summed E-state index contributed by atoms with van der Waals surface area (Å²) in [6.45, 7) is 4.00. The molecule has 6 nitrogen and oxygen atoms in total. The average molecular weight is 503 g/mol. The van der Waals surface area contributed by atoms with Crippen molar-refractivity contribution in [3.63, 3.8) is 0 Å². The summed E-state index contributed by atoms with van der Waals surface area (Å²) in [6.07, 6.45) is 6.63. The maximum atomic E-state index is 12.4. The van der Waals surface area contributed by atoms with Crippen molar-refractivity contribution in [3.05, 3.63) is 83.7 Å². The normalized spacial score (nSPS) is 13.0. The molecule has 0 unspecified atom stereocenters. The van der Waals surface area contributed by atoms with E-state index >= 15 is 0 Å². The third-order valence-corrected chi connectivity index (χ3v) is 6.14. The third-order valence-electron chi connectivity index (χ3n) is 6.14. The number of halogens is 1. The number of carbonyl (C=O) groups is 2. The lowest BCUT2D eigenvalue weighted by Crippen LogP contribution is -2.36. The van der Waals surface area contributed by atoms with Crippen molar-refractivity contribution in [2.24, 2.45) is 0 Å². The Labute approximate surface area is 217 Å². The van der Waals surface area contributed by atoms with Crippen LogP contribution in [0.4, 0.5) is 10.1 Å². The van der Waals surface area contributed by atoms with Gasteiger partial charge in [-0.1, -0.05) is 45.2 Å². The molecule has 0 saturated heterocycles. The number of rotatable bonds is 5. The number of anilines is 1. The molecule has 1 aliphatic carbocycles. The lowest BCUT2D eigenvalue weighted by Gasteiger charge is -2.22. The number of amides is 1. The van der Waals surface area contributed by atoms with Crippen LogP contribution in [-0.4, -0.2) is 35.3 Å². The molecule has 3 aromatic carbocycles. The number of carbonyl (C=O) groups excluding carboxylic acids is 2. The highest BCUT2D eigenvalue weighted by atomic mass is 19.1. The number of fused-ring (bicyclic) bond motifs is 1. The smallest absolute Gasteiger partial charge is 0.251 e. The summed E-state index contributed by atoms with van der Waals surface area (Å²) in [7, 11) is 1.80. The van der Waals surface area contributed by atoms with E-state index in [4.69, 9.17) is 0 Å². The standard InChI is InChI=1S/C21H21N3O2.C7H8FN.C2H6/c25-13-14-6-11-18-19(12-14)24-20(23-18)15-7-9-16(10-8-15)21(26)22-17-4-2-1-3-5-17;1-9-7-4-2-6(8)3-5-7;1-2/h6-13,17H,1-5H2,(H,22,26)(H,23,24);2-5,9H,1H3;1-2H3. The molecule has 7 heteroatoms. The van der Waals surface area contributed by atoms with E-state index in [9.17, 15) is 14.0 Å². The first kappa shape index (κ1) is 27.6. The Hall–Kier alpha value is -4.00. The second kappa shape index (κ2) is 13.9. The van der Waals surface area contributed by atoms with Crippen LogP contribution in [0.25, 0.3) is 22.4 Å². The van der Waals surface area contributed by atoms with Gasteiger partial charge in [0.2, 0.25) is 0 Å². The number of hydrogen-bond acceptors (Lipinski definition) is 4. The first-order valence-electron chi connectivity index (χ1n) is 12.9. The highest BCUT2D eigenvalue weighted by molar-refractivity contribution is 5.95. The zero-order valence-electron chi connectivity index (χ0n) is 21.7. The van der Waals surface area contributed by atoms with Crippen LogP contribution in [0.5, 0.6) is 0 Å². The molecule has 37 heavy (non-hydrogen) atoms. The van der Waals surface area contributed by atoms with E-state index in [1.54, 1.807) is 31.3 Å². The molecule has 0 radical (unpaired) electrons. The van der Waals surface area contributed by atoms with E-state index in [0.29, 0.717) is 17.2 Å². The number of aromatic amines is 1. The van der Waals surface area contributed by atoms with Crippen molar-refractivity contribution in [2.45, 2.75) is 52.0 Å². The molecular formula is C30H35FN4O2. The molecule has 5 rings (SSSR count). The zero-order chi connectivity index (χ0) is 26.6. The van der Waals surface area contributed by atoms with Gasteiger partial charge in [-0.05, 0) is 67.4 Å². The maximum absolute atomic E-state index is 12.4. The van der Waals surface area contributed by atoms with Crippen molar-refractivity contribution in [1.29, 1.82) is 0 Å². The molecular weight excluding hydrogens is 467 g/mol. The number of H-pyrrole nitrogens is 1. The fourth-order valence-electron chi connectivity index (χ4n) is 4.15. The largest absolute Gasteiger partial charge is 0.388 e.